The number of thioether (sulfide) groups is 1. The minimum Gasteiger partial charge on any atom is -0.463 e. The lowest BCUT2D eigenvalue weighted by molar-refractivity contribution is -0.269. The summed E-state index contributed by atoms with van der Waals surface area (Å²) in [6.07, 6.45) is -5.31. The Balaban J connectivity index is 2.38. The standard InChI is InChI=1S/C26H27N3O10S/c1-13(30)35-12-19-21(36-14(2)31)22(37-15(3)32)23(38-16(4)33)25(39-19)29-20(17-9-7-6-8-10-17)18(11-27)24(34)28-26(29)40-5/h6-10,19,21-23,25H,12H2,1-5H3/t19-,21+,22+,23-,25-/m1/s1. The summed E-state index contributed by atoms with van der Waals surface area (Å²) in [7, 11) is 0. The van der Waals surface area contributed by atoms with Gasteiger partial charge in [-0.1, -0.05) is 42.1 Å². The molecule has 1 saturated heterocycles. The van der Waals surface area contributed by atoms with Crippen LogP contribution in [0.15, 0.2) is 40.3 Å². The van der Waals surface area contributed by atoms with Crippen molar-refractivity contribution in [2.45, 2.75) is 63.5 Å². The molecule has 13 nitrogen and oxygen atoms in total. The molecule has 1 fully saturated rings. The zero-order valence-corrected chi connectivity index (χ0v) is 23.1. The molecule has 1 aromatic carbocycles. The highest BCUT2D eigenvalue weighted by Gasteiger charge is 2.53. The van der Waals surface area contributed by atoms with Crippen LogP contribution in [0.4, 0.5) is 0 Å². The van der Waals surface area contributed by atoms with Crippen LogP contribution in [-0.2, 0) is 42.9 Å². The Morgan fingerprint density at radius 3 is 2.05 bits per heavy atom. The molecule has 3 rings (SSSR count). The number of nitrogens with zero attached hydrogens (tertiary/aromatic N) is 3. The number of carbonyl (C=O) groups is 4. The first-order valence-electron chi connectivity index (χ1n) is 11.9. The van der Waals surface area contributed by atoms with E-state index >= 15 is 0 Å². The van der Waals surface area contributed by atoms with E-state index in [1.165, 1.54) is 4.57 Å². The number of hydrogen-bond acceptors (Lipinski definition) is 13. The van der Waals surface area contributed by atoms with Crippen molar-refractivity contribution in [3.63, 3.8) is 0 Å². The summed E-state index contributed by atoms with van der Waals surface area (Å²) in [4.78, 5) is 65.1. The summed E-state index contributed by atoms with van der Waals surface area (Å²) in [6.45, 7) is 4.06. The van der Waals surface area contributed by atoms with Gasteiger partial charge in [-0.05, 0) is 11.8 Å². The number of carbonyl (C=O) groups excluding carboxylic acids is 4. The van der Waals surface area contributed by atoms with Gasteiger partial charge in [-0.25, -0.2) is 0 Å². The van der Waals surface area contributed by atoms with Crippen molar-refractivity contribution in [1.29, 1.82) is 5.26 Å². The average Bonchev–Trinajstić information content (AvgIpc) is 2.89. The van der Waals surface area contributed by atoms with E-state index in [1.807, 2.05) is 6.07 Å². The summed E-state index contributed by atoms with van der Waals surface area (Å²) < 4.78 is 29.4. The van der Waals surface area contributed by atoms with Crippen molar-refractivity contribution in [2.24, 2.45) is 0 Å². The van der Waals surface area contributed by atoms with Crippen molar-refractivity contribution < 1.29 is 42.9 Å². The predicted molar refractivity (Wildman–Crippen MR) is 138 cm³/mol. The number of hydrogen-bond donors (Lipinski definition) is 0. The number of aromatic nitrogens is 2. The highest BCUT2D eigenvalue weighted by Crippen LogP contribution is 2.39. The van der Waals surface area contributed by atoms with Crippen LogP contribution < -0.4 is 5.56 Å². The first-order valence-corrected chi connectivity index (χ1v) is 13.2. The number of rotatable bonds is 8. The van der Waals surface area contributed by atoms with Crippen molar-refractivity contribution in [1.82, 2.24) is 9.55 Å². The molecule has 0 unspecified atom stereocenters. The largest absolute Gasteiger partial charge is 0.463 e. The van der Waals surface area contributed by atoms with Crippen LogP contribution in [0.25, 0.3) is 11.3 Å². The molecule has 0 N–H and O–H groups in total. The second kappa shape index (κ2) is 13.2. The molecule has 14 heteroatoms. The molecule has 0 saturated carbocycles. The third-order valence-electron chi connectivity index (χ3n) is 5.66. The average molecular weight is 574 g/mol. The number of benzene rings is 1. The van der Waals surface area contributed by atoms with Crippen molar-refractivity contribution in [3.05, 3.63) is 46.2 Å². The van der Waals surface area contributed by atoms with E-state index in [-0.39, 0.29) is 16.4 Å². The predicted octanol–water partition coefficient (Wildman–Crippen LogP) is 1.76. The molecule has 0 bridgehead atoms. The number of ether oxygens (including phenoxy) is 5. The smallest absolute Gasteiger partial charge is 0.303 e. The lowest BCUT2D eigenvalue weighted by Crippen LogP contribution is -2.61. The minimum absolute atomic E-state index is 0.0729. The Labute approximate surface area is 233 Å². The molecule has 1 aromatic heterocycles. The lowest BCUT2D eigenvalue weighted by Gasteiger charge is -2.45. The van der Waals surface area contributed by atoms with Gasteiger partial charge in [-0.2, -0.15) is 10.2 Å². The van der Waals surface area contributed by atoms with E-state index in [9.17, 15) is 29.2 Å². The van der Waals surface area contributed by atoms with Gasteiger partial charge in [0.2, 0.25) is 0 Å². The molecule has 1 aliphatic heterocycles. The molecule has 0 spiro atoms. The molecule has 0 radical (unpaired) electrons. The van der Waals surface area contributed by atoms with Gasteiger partial charge in [0.1, 0.15) is 24.3 Å². The Bertz CT molecular complexity index is 1390. The van der Waals surface area contributed by atoms with E-state index in [0.29, 0.717) is 5.56 Å². The number of esters is 4. The summed E-state index contributed by atoms with van der Waals surface area (Å²) in [5, 5.41) is 10.0. The molecule has 212 valence electrons. The van der Waals surface area contributed by atoms with Gasteiger partial charge in [0.25, 0.3) is 5.56 Å². The second-order valence-electron chi connectivity index (χ2n) is 8.56. The van der Waals surface area contributed by atoms with Crippen LogP contribution in [0.2, 0.25) is 0 Å². The molecular formula is C26H27N3O10S. The Hall–Kier alpha value is -4.22. The highest BCUT2D eigenvalue weighted by atomic mass is 32.2. The van der Waals surface area contributed by atoms with Crippen LogP contribution in [0.5, 0.6) is 0 Å². The summed E-state index contributed by atoms with van der Waals surface area (Å²) in [6, 6.07) is 10.3. The molecular weight excluding hydrogens is 546 g/mol. The van der Waals surface area contributed by atoms with Gasteiger partial charge in [0.15, 0.2) is 29.7 Å². The topological polar surface area (TPSA) is 173 Å². The zero-order chi connectivity index (χ0) is 29.6. The van der Waals surface area contributed by atoms with E-state index in [4.69, 9.17) is 23.7 Å². The summed E-state index contributed by atoms with van der Waals surface area (Å²) in [5.41, 5.74) is -0.598. The van der Waals surface area contributed by atoms with Gasteiger partial charge < -0.3 is 23.7 Å². The molecule has 0 amide bonds. The maximum Gasteiger partial charge on any atom is 0.303 e. The maximum atomic E-state index is 12.9. The Morgan fingerprint density at radius 2 is 1.52 bits per heavy atom. The van der Waals surface area contributed by atoms with Crippen LogP contribution in [-0.4, -0.2) is 70.7 Å². The van der Waals surface area contributed by atoms with E-state index in [1.54, 1.807) is 36.6 Å². The lowest BCUT2D eigenvalue weighted by atomic mass is 9.96. The van der Waals surface area contributed by atoms with E-state index < -0.39 is 66.7 Å². The Kier molecular flexibility index (Phi) is 10.0. The van der Waals surface area contributed by atoms with E-state index in [0.717, 1.165) is 39.5 Å². The molecule has 2 heterocycles. The van der Waals surface area contributed by atoms with E-state index in [2.05, 4.69) is 4.98 Å². The zero-order valence-electron chi connectivity index (χ0n) is 22.3. The van der Waals surface area contributed by atoms with Crippen LogP contribution >= 0.6 is 11.8 Å². The second-order valence-corrected chi connectivity index (χ2v) is 9.34. The molecule has 5 atom stereocenters. The van der Waals surface area contributed by atoms with Gasteiger partial charge in [0.05, 0.1) is 5.69 Å². The highest BCUT2D eigenvalue weighted by molar-refractivity contribution is 7.98. The van der Waals surface area contributed by atoms with Crippen LogP contribution in [0, 0.1) is 11.3 Å². The third kappa shape index (κ3) is 6.85. The first-order chi connectivity index (χ1) is 19.0. The van der Waals surface area contributed by atoms with Crippen molar-refractivity contribution >= 4 is 35.6 Å². The van der Waals surface area contributed by atoms with Gasteiger partial charge in [-0.3, -0.25) is 28.5 Å². The SMILES string of the molecule is CSc1nc(=O)c(C#N)c(-c2ccccc2)n1[C@@H]1O[C@H](COC(C)=O)[C@H](OC(C)=O)[C@H](OC(C)=O)[C@H]1OC(C)=O. The first kappa shape index (κ1) is 30.3. The van der Waals surface area contributed by atoms with Crippen molar-refractivity contribution in [3.8, 4) is 17.3 Å². The third-order valence-corrected chi connectivity index (χ3v) is 6.31. The minimum atomic E-state index is -1.47. The fraction of sp³-hybridized carbons (Fsp3) is 0.423. The van der Waals surface area contributed by atoms with Crippen LogP contribution in [0.1, 0.15) is 39.5 Å². The molecule has 40 heavy (non-hydrogen) atoms. The van der Waals surface area contributed by atoms with Gasteiger partial charge >= 0.3 is 23.9 Å². The van der Waals surface area contributed by atoms with Gasteiger partial charge in [0, 0.05) is 27.7 Å². The summed E-state index contributed by atoms with van der Waals surface area (Å²) >= 11 is 1.04. The van der Waals surface area contributed by atoms with Gasteiger partial charge in [-0.15, -0.1) is 0 Å². The monoisotopic (exact) mass is 573 g/mol. The fourth-order valence-corrected chi connectivity index (χ4v) is 4.85. The maximum absolute atomic E-state index is 12.9. The fourth-order valence-electron chi connectivity index (χ4n) is 4.29. The molecule has 2 aromatic rings. The van der Waals surface area contributed by atoms with Crippen LogP contribution in [0.3, 0.4) is 0 Å². The summed E-state index contributed by atoms with van der Waals surface area (Å²) in [5.74, 6) is -3.03. The normalized spacial score (nSPS) is 21.9. The molecule has 0 aliphatic carbocycles. The number of nitriles is 1. The van der Waals surface area contributed by atoms with Crippen molar-refractivity contribution in [2.75, 3.05) is 12.9 Å². The Morgan fingerprint density at radius 1 is 0.950 bits per heavy atom. The quantitative estimate of drug-likeness (QED) is 0.194. The molecule has 1 aliphatic rings.